The highest BCUT2D eigenvalue weighted by Gasteiger charge is 2.38. The van der Waals surface area contributed by atoms with Crippen molar-refractivity contribution in [3.8, 4) is 11.1 Å². The minimum atomic E-state index is -2.64. The first-order valence-corrected chi connectivity index (χ1v) is 11.9. The second-order valence-electron chi connectivity index (χ2n) is 9.19. The molecule has 4 heterocycles. The van der Waals surface area contributed by atoms with Crippen LogP contribution in [0.5, 0.6) is 0 Å². The standard InChI is InChI=1S/C27H26F3N5O/c1-2-18-12-33-24-4-3-19(8-23(24)25(18)26(36)34-22-9-21(28)13-32-14-22)20-7-17(10-31-11-20)15-35-6-5-27(29,30)16-35/h3-4,7-11,13-14,33H,2,5-6,12,15-16H2,1H3,(H,34,36). The number of fused-ring (bicyclic) bond motifs is 1. The molecule has 2 aromatic heterocycles. The van der Waals surface area contributed by atoms with Crippen LogP contribution in [0.25, 0.3) is 16.7 Å². The molecule has 1 saturated heterocycles. The van der Waals surface area contributed by atoms with E-state index in [1.807, 2.05) is 31.2 Å². The number of pyridine rings is 2. The summed E-state index contributed by atoms with van der Waals surface area (Å²) in [6.45, 7) is 3.03. The molecule has 1 aromatic carbocycles. The third kappa shape index (κ3) is 5.11. The maximum Gasteiger partial charge on any atom is 0.261 e. The van der Waals surface area contributed by atoms with Gasteiger partial charge in [-0.3, -0.25) is 19.7 Å². The van der Waals surface area contributed by atoms with Crippen LogP contribution in [0.15, 0.2) is 60.7 Å². The van der Waals surface area contributed by atoms with Gasteiger partial charge in [-0.05, 0) is 41.3 Å². The molecule has 3 aromatic rings. The molecule has 2 aliphatic heterocycles. The normalized spacial score (nSPS) is 17.0. The average Bonchev–Trinajstić information content (AvgIpc) is 3.20. The van der Waals surface area contributed by atoms with Gasteiger partial charge in [0.1, 0.15) is 5.82 Å². The molecule has 0 unspecified atom stereocenters. The van der Waals surface area contributed by atoms with Crippen LogP contribution in [0.3, 0.4) is 0 Å². The van der Waals surface area contributed by atoms with Crippen molar-refractivity contribution >= 4 is 22.9 Å². The molecule has 0 atom stereocenters. The van der Waals surface area contributed by atoms with E-state index < -0.39 is 11.7 Å². The molecule has 0 spiro atoms. The fraction of sp³-hybridized carbons (Fsp3) is 0.296. The fourth-order valence-electron chi connectivity index (χ4n) is 4.76. The third-order valence-corrected chi connectivity index (χ3v) is 6.53. The second-order valence-corrected chi connectivity index (χ2v) is 9.19. The molecule has 1 fully saturated rings. The van der Waals surface area contributed by atoms with Crippen LogP contribution in [-0.4, -0.2) is 46.3 Å². The molecule has 0 radical (unpaired) electrons. The zero-order valence-electron chi connectivity index (χ0n) is 19.8. The Morgan fingerprint density at radius 2 is 1.94 bits per heavy atom. The molecule has 2 N–H and O–H groups in total. The Balaban J connectivity index is 1.44. The first kappa shape index (κ1) is 24.0. The number of alkyl halides is 2. The zero-order chi connectivity index (χ0) is 25.3. The van der Waals surface area contributed by atoms with Crippen molar-refractivity contribution in [2.75, 3.05) is 30.3 Å². The van der Waals surface area contributed by atoms with Crippen molar-refractivity contribution in [2.45, 2.75) is 32.2 Å². The van der Waals surface area contributed by atoms with Crippen LogP contribution >= 0.6 is 0 Å². The number of nitrogens with zero attached hydrogens (tertiary/aromatic N) is 3. The van der Waals surface area contributed by atoms with Gasteiger partial charge in [-0.15, -0.1) is 0 Å². The highest BCUT2D eigenvalue weighted by molar-refractivity contribution is 6.28. The summed E-state index contributed by atoms with van der Waals surface area (Å²) in [4.78, 5) is 23.2. The van der Waals surface area contributed by atoms with Crippen molar-refractivity contribution in [3.05, 3.63) is 77.6 Å². The lowest BCUT2D eigenvalue weighted by atomic mass is 9.90. The molecular weight excluding hydrogens is 467 g/mol. The van der Waals surface area contributed by atoms with E-state index in [0.29, 0.717) is 31.6 Å². The number of anilines is 2. The van der Waals surface area contributed by atoms with Crippen molar-refractivity contribution in [1.29, 1.82) is 0 Å². The zero-order valence-corrected chi connectivity index (χ0v) is 19.8. The molecule has 0 saturated carbocycles. The number of carbonyl (C=O) groups is 1. The van der Waals surface area contributed by atoms with Crippen LogP contribution in [0.1, 0.15) is 30.9 Å². The lowest BCUT2D eigenvalue weighted by molar-refractivity contribution is -0.111. The molecule has 2 aliphatic rings. The first-order chi connectivity index (χ1) is 17.3. The van der Waals surface area contributed by atoms with Gasteiger partial charge in [0.05, 0.1) is 24.6 Å². The maximum atomic E-state index is 13.6. The smallest absolute Gasteiger partial charge is 0.261 e. The van der Waals surface area contributed by atoms with Crippen LogP contribution in [0.4, 0.5) is 24.5 Å². The second kappa shape index (κ2) is 9.73. The van der Waals surface area contributed by atoms with E-state index in [0.717, 1.165) is 39.7 Å². The Labute approximate surface area is 207 Å². The molecule has 5 rings (SSSR count). The SMILES string of the molecule is CCC1=C(C(=O)Nc2cncc(F)c2)c2cc(-c3cncc(CN4CCC(F)(F)C4)c3)ccc2NC1. The van der Waals surface area contributed by atoms with Gasteiger partial charge in [-0.2, -0.15) is 0 Å². The van der Waals surface area contributed by atoms with E-state index in [2.05, 4.69) is 20.6 Å². The van der Waals surface area contributed by atoms with Gasteiger partial charge in [-0.1, -0.05) is 13.0 Å². The van der Waals surface area contributed by atoms with Gasteiger partial charge >= 0.3 is 0 Å². The number of carbonyl (C=O) groups excluding carboxylic acids is 1. The Morgan fingerprint density at radius 1 is 1.11 bits per heavy atom. The largest absolute Gasteiger partial charge is 0.381 e. The summed E-state index contributed by atoms with van der Waals surface area (Å²) in [5.74, 6) is -3.50. The Morgan fingerprint density at radius 3 is 2.69 bits per heavy atom. The summed E-state index contributed by atoms with van der Waals surface area (Å²) in [7, 11) is 0. The quantitative estimate of drug-likeness (QED) is 0.484. The van der Waals surface area contributed by atoms with Crippen LogP contribution in [0.2, 0.25) is 0 Å². The molecule has 186 valence electrons. The van der Waals surface area contributed by atoms with Crippen molar-refractivity contribution in [2.24, 2.45) is 0 Å². The van der Waals surface area contributed by atoms with E-state index in [1.165, 1.54) is 12.3 Å². The summed E-state index contributed by atoms with van der Waals surface area (Å²) >= 11 is 0. The van der Waals surface area contributed by atoms with Crippen LogP contribution < -0.4 is 10.6 Å². The molecular formula is C27H26F3N5O. The van der Waals surface area contributed by atoms with Gasteiger partial charge in [0.25, 0.3) is 11.8 Å². The number of halogens is 3. The molecule has 0 bridgehead atoms. The predicted octanol–water partition coefficient (Wildman–Crippen LogP) is 5.35. The highest BCUT2D eigenvalue weighted by atomic mass is 19.3. The lowest BCUT2D eigenvalue weighted by Gasteiger charge is -2.25. The van der Waals surface area contributed by atoms with Gasteiger partial charge in [-0.25, -0.2) is 13.2 Å². The minimum absolute atomic E-state index is 0.124. The lowest BCUT2D eigenvalue weighted by Crippen LogP contribution is -2.24. The third-order valence-electron chi connectivity index (χ3n) is 6.53. The number of hydrogen-bond acceptors (Lipinski definition) is 5. The van der Waals surface area contributed by atoms with E-state index in [-0.39, 0.29) is 24.6 Å². The summed E-state index contributed by atoms with van der Waals surface area (Å²) in [5.41, 5.74) is 5.85. The summed E-state index contributed by atoms with van der Waals surface area (Å²) in [6.07, 6.45) is 6.44. The fourth-order valence-corrected chi connectivity index (χ4v) is 4.76. The van der Waals surface area contributed by atoms with Crippen molar-refractivity contribution < 1.29 is 18.0 Å². The topological polar surface area (TPSA) is 70.2 Å². The van der Waals surface area contributed by atoms with Crippen molar-refractivity contribution in [1.82, 2.24) is 14.9 Å². The number of nitrogens with one attached hydrogen (secondary N) is 2. The van der Waals surface area contributed by atoms with E-state index >= 15 is 0 Å². The number of likely N-dealkylation sites (tertiary alicyclic amines) is 1. The van der Waals surface area contributed by atoms with Crippen LogP contribution in [-0.2, 0) is 11.3 Å². The summed E-state index contributed by atoms with van der Waals surface area (Å²) in [6, 6.07) is 8.97. The molecule has 6 nitrogen and oxygen atoms in total. The highest BCUT2D eigenvalue weighted by Crippen LogP contribution is 2.36. The number of benzene rings is 1. The Kier molecular flexibility index (Phi) is 6.49. The van der Waals surface area contributed by atoms with E-state index in [1.54, 1.807) is 17.3 Å². The summed E-state index contributed by atoms with van der Waals surface area (Å²) < 4.78 is 40.8. The first-order valence-electron chi connectivity index (χ1n) is 11.9. The maximum absolute atomic E-state index is 13.6. The Bertz CT molecular complexity index is 1340. The van der Waals surface area contributed by atoms with Crippen molar-refractivity contribution in [3.63, 3.8) is 0 Å². The number of amides is 1. The van der Waals surface area contributed by atoms with Gasteiger partial charge in [0.15, 0.2) is 0 Å². The predicted molar refractivity (Wildman–Crippen MR) is 133 cm³/mol. The van der Waals surface area contributed by atoms with Gasteiger partial charge in [0, 0.05) is 66.9 Å². The van der Waals surface area contributed by atoms with Gasteiger partial charge in [0.2, 0.25) is 0 Å². The number of rotatable bonds is 6. The average molecular weight is 494 g/mol. The van der Waals surface area contributed by atoms with E-state index in [4.69, 9.17) is 0 Å². The summed E-state index contributed by atoms with van der Waals surface area (Å²) in [5, 5.41) is 6.13. The molecule has 9 heteroatoms. The number of aromatic nitrogens is 2. The van der Waals surface area contributed by atoms with Gasteiger partial charge < -0.3 is 10.6 Å². The minimum Gasteiger partial charge on any atom is -0.381 e. The molecule has 1 amide bonds. The number of hydrogen-bond donors (Lipinski definition) is 2. The molecule has 0 aliphatic carbocycles. The Hall–Kier alpha value is -3.72. The van der Waals surface area contributed by atoms with E-state index in [9.17, 15) is 18.0 Å². The monoisotopic (exact) mass is 493 g/mol. The van der Waals surface area contributed by atoms with Crippen LogP contribution in [0, 0.1) is 5.82 Å². The molecule has 36 heavy (non-hydrogen) atoms.